The molecule has 3 heterocycles. The van der Waals surface area contributed by atoms with Gasteiger partial charge in [0.25, 0.3) is 5.82 Å². The van der Waals surface area contributed by atoms with Gasteiger partial charge in [-0.3, -0.25) is 0 Å². The normalized spacial score (nSPS) is 13.6. The molecule has 1 aliphatic heterocycles. The van der Waals surface area contributed by atoms with Gasteiger partial charge in [0.2, 0.25) is 5.69 Å². The zero-order valence-electron chi connectivity index (χ0n) is 15.9. The van der Waals surface area contributed by atoms with Crippen LogP contribution in [0.4, 0.5) is 0 Å². The Hall–Kier alpha value is -2.53. The monoisotopic (exact) mass is 438 g/mol. The average Bonchev–Trinajstić information content (AvgIpc) is 3.21. The third-order valence-electron chi connectivity index (χ3n) is 5.44. The molecule has 2 aromatic heterocycles. The van der Waals surface area contributed by atoms with E-state index < -0.39 is 0 Å². The van der Waals surface area contributed by atoms with Crippen LogP contribution in [0.1, 0.15) is 25.1 Å². The Balaban J connectivity index is 0.00000192. The maximum absolute atomic E-state index is 6.20. The van der Waals surface area contributed by atoms with Gasteiger partial charge in [0.15, 0.2) is 17.2 Å². The number of hydrogen-bond acceptors (Lipinski definition) is 2. The number of para-hydroxylation sites is 3. The first kappa shape index (κ1) is 18.8. The molecular formula is C23H23BrN2O2. The fourth-order valence-corrected chi connectivity index (χ4v) is 4.11. The van der Waals surface area contributed by atoms with Gasteiger partial charge < -0.3 is 26.1 Å². The van der Waals surface area contributed by atoms with Gasteiger partial charge in [-0.15, -0.1) is 0 Å². The van der Waals surface area contributed by atoms with E-state index in [0.29, 0.717) is 0 Å². The van der Waals surface area contributed by atoms with Crippen molar-refractivity contribution in [1.82, 2.24) is 4.57 Å². The van der Waals surface area contributed by atoms with Crippen LogP contribution in [0.15, 0.2) is 65.2 Å². The first-order valence-electron chi connectivity index (χ1n) is 9.61. The molecule has 0 bridgehead atoms. The third kappa shape index (κ3) is 3.14. The molecule has 4 nitrogen and oxygen atoms in total. The lowest BCUT2D eigenvalue weighted by atomic mass is 10.2. The number of furan rings is 1. The molecule has 1 aliphatic rings. The Labute approximate surface area is 175 Å². The second-order valence-corrected chi connectivity index (χ2v) is 7.08. The highest BCUT2D eigenvalue weighted by Gasteiger charge is 2.29. The second-order valence-electron chi connectivity index (χ2n) is 7.08. The predicted octanol–water partition coefficient (Wildman–Crippen LogP) is 1.92. The van der Waals surface area contributed by atoms with Crippen LogP contribution >= 0.6 is 0 Å². The standard InChI is InChI=1S/C23H23N2O2.BrH/c1-26-21-12-7-5-10-18(21)25-16-19(24-14-8-2-3-13-23(24)25)22-15-17-9-4-6-11-20(17)27-22;/h4-7,9-12,15-16H,2-3,8,13-14H2,1H3;1H/q+1;/p-1. The van der Waals surface area contributed by atoms with Gasteiger partial charge >= 0.3 is 0 Å². The van der Waals surface area contributed by atoms with Crippen molar-refractivity contribution in [2.24, 2.45) is 0 Å². The van der Waals surface area contributed by atoms with E-state index in [0.717, 1.165) is 46.8 Å². The van der Waals surface area contributed by atoms with Crippen LogP contribution in [-0.4, -0.2) is 11.7 Å². The molecule has 144 valence electrons. The zero-order chi connectivity index (χ0) is 18.2. The highest BCUT2D eigenvalue weighted by Crippen LogP contribution is 2.31. The van der Waals surface area contributed by atoms with Gasteiger partial charge in [0.05, 0.1) is 13.7 Å². The number of nitrogens with zero attached hydrogens (tertiary/aromatic N) is 2. The summed E-state index contributed by atoms with van der Waals surface area (Å²) in [4.78, 5) is 0. The van der Waals surface area contributed by atoms with Crippen molar-refractivity contribution >= 4 is 11.0 Å². The highest BCUT2D eigenvalue weighted by molar-refractivity contribution is 5.82. The number of rotatable bonds is 3. The molecule has 0 amide bonds. The molecule has 0 N–H and O–H groups in total. The first-order valence-corrected chi connectivity index (χ1v) is 9.61. The van der Waals surface area contributed by atoms with E-state index in [4.69, 9.17) is 9.15 Å². The van der Waals surface area contributed by atoms with Crippen molar-refractivity contribution in [2.75, 3.05) is 7.11 Å². The fraction of sp³-hybridized carbons (Fsp3) is 0.261. The number of aromatic nitrogens is 2. The predicted molar refractivity (Wildman–Crippen MR) is 105 cm³/mol. The van der Waals surface area contributed by atoms with E-state index in [1.165, 1.54) is 25.1 Å². The minimum absolute atomic E-state index is 0. The van der Waals surface area contributed by atoms with Crippen molar-refractivity contribution in [3.05, 3.63) is 66.6 Å². The molecule has 0 radical (unpaired) electrons. The van der Waals surface area contributed by atoms with Crippen molar-refractivity contribution in [3.63, 3.8) is 0 Å². The topological polar surface area (TPSA) is 31.2 Å². The van der Waals surface area contributed by atoms with Gasteiger partial charge in [0.1, 0.15) is 11.8 Å². The summed E-state index contributed by atoms with van der Waals surface area (Å²) in [6, 6.07) is 18.6. The van der Waals surface area contributed by atoms with Crippen LogP contribution in [0.25, 0.3) is 28.1 Å². The third-order valence-corrected chi connectivity index (χ3v) is 5.44. The summed E-state index contributed by atoms with van der Waals surface area (Å²) in [5, 5.41) is 1.14. The molecule has 0 saturated heterocycles. The largest absolute Gasteiger partial charge is 1.00 e. The van der Waals surface area contributed by atoms with E-state index in [-0.39, 0.29) is 17.0 Å². The summed E-state index contributed by atoms with van der Waals surface area (Å²) in [6.07, 6.45) is 6.92. The quantitative estimate of drug-likeness (QED) is 0.457. The van der Waals surface area contributed by atoms with Gasteiger partial charge in [-0.25, -0.2) is 4.57 Å². The summed E-state index contributed by atoms with van der Waals surface area (Å²) < 4.78 is 16.5. The molecule has 0 unspecified atom stereocenters. The van der Waals surface area contributed by atoms with Crippen molar-refractivity contribution < 1.29 is 30.7 Å². The second kappa shape index (κ2) is 7.84. The highest BCUT2D eigenvalue weighted by atomic mass is 79.9. The number of hydrogen-bond donors (Lipinski definition) is 0. The molecule has 0 aliphatic carbocycles. The zero-order valence-corrected chi connectivity index (χ0v) is 17.5. The molecule has 2 aromatic carbocycles. The van der Waals surface area contributed by atoms with Gasteiger partial charge in [-0.2, -0.15) is 4.57 Å². The Morgan fingerprint density at radius 2 is 1.82 bits per heavy atom. The van der Waals surface area contributed by atoms with Crippen LogP contribution in [0, 0.1) is 0 Å². The Morgan fingerprint density at radius 1 is 1.00 bits per heavy atom. The molecule has 0 saturated carbocycles. The number of methoxy groups -OCH3 is 1. The summed E-state index contributed by atoms with van der Waals surface area (Å²) in [5.74, 6) is 3.12. The lowest BCUT2D eigenvalue weighted by Gasteiger charge is -2.06. The molecule has 0 spiro atoms. The fourth-order valence-electron chi connectivity index (χ4n) is 4.11. The van der Waals surface area contributed by atoms with E-state index in [2.05, 4.69) is 45.7 Å². The maximum atomic E-state index is 6.20. The van der Waals surface area contributed by atoms with Crippen molar-refractivity contribution in [2.45, 2.75) is 32.2 Å². The van der Waals surface area contributed by atoms with Gasteiger partial charge in [-0.1, -0.05) is 30.3 Å². The Kier molecular flexibility index (Phi) is 5.27. The Bertz CT molecular complexity index is 1080. The minimum Gasteiger partial charge on any atom is -1.00 e. The van der Waals surface area contributed by atoms with Crippen LogP contribution in [0.3, 0.4) is 0 Å². The molecule has 4 aromatic rings. The molecule has 5 rings (SSSR count). The molecule has 5 heteroatoms. The van der Waals surface area contributed by atoms with Crippen molar-refractivity contribution in [1.29, 1.82) is 0 Å². The number of halogens is 1. The molecular weight excluding hydrogens is 416 g/mol. The van der Waals surface area contributed by atoms with Gasteiger partial charge in [0, 0.05) is 11.8 Å². The smallest absolute Gasteiger partial charge is 0.262 e. The van der Waals surface area contributed by atoms with Crippen LogP contribution in [0.2, 0.25) is 0 Å². The van der Waals surface area contributed by atoms with Crippen LogP contribution in [0.5, 0.6) is 5.75 Å². The van der Waals surface area contributed by atoms with Gasteiger partial charge in [-0.05, 0) is 43.5 Å². The summed E-state index contributed by atoms with van der Waals surface area (Å²) >= 11 is 0. The summed E-state index contributed by atoms with van der Waals surface area (Å²) in [6.45, 7) is 1.02. The molecule has 28 heavy (non-hydrogen) atoms. The van der Waals surface area contributed by atoms with E-state index in [1.54, 1.807) is 7.11 Å². The molecule has 0 atom stereocenters. The van der Waals surface area contributed by atoms with Crippen molar-refractivity contribution in [3.8, 4) is 22.9 Å². The summed E-state index contributed by atoms with van der Waals surface area (Å²) in [7, 11) is 1.73. The molecule has 0 fully saturated rings. The lowest BCUT2D eigenvalue weighted by molar-refractivity contribution is -0.604. The van der Waals surface area contributed by atoms with Crippen LogP contribution < -0.4 is 26.3 Å². The SMILES string of the molecule is COc1ccccc1-[n+]1cc(-c2cc3ccccc3o2)n2c1CCCCC2.[Br-]. The number of imidazole rings is 1. The van der Waals surface area contributed by atoms with E-state index >= 15 is 0 Å². The van der Waals surface area contributed by atoms with E-state index in [9.17, 15) is 0 Å². The maximum Gasteiger partial charge on any atom is 0.262 e. The van der Waals surface area contributed by atoms with E-state index in [1.807, 2.05) is 24.3 Å². The number of ether oxygens (including phenoxy) is 1. The van der Waals surface area contributed by atoms with Crippen LogP contribution in [-0.2, 0) is 13.0 Å². The Morgan fingerprint density at radius 3 is 2.68 bits per heavy atom. The summed E-state index contributed by atoms with van der Waals surface area (Å²) in [5.41, 5.74) is 3.14. The number of fused-ring (bicyclic) bond motifs is 2. The number of benzene rings is 2. The lowest BCUT2D eigenvalue weighted by Crippen LogP contribution is -3.00. The average molecular weight is 439 g/mol. The minimum atomic E-state index is 0. The first-order chi connectivity index (χ1) is 13.3.